The smallest absolute Gasteiger partial charge is 0.341 e. The third-order valence-corrected chi connectivity index (χ3v) is 7.07. The van der Waals surface area contributed by atoms with E-state index in [9.17, 15) is 14.4 Å². The lowest BCUT2D eigenvalue weighted by molar-refractivity contribution is -0.140. The Bertz CT molecular complexity index is 1670. The van der Waals surface area contributed by atoms with Gasteiger partial charge >= 0.3 is 11.9 Å². The van der Waals surface area contributed by atoms with Gasteiger partial charge in [0.25, 0.3) is 5.56 Å². The number of nitrogens with zero attached hydrogens (tertiary/aromatic N) is 2. The summed E-state index contributed by atoms with van der Waals surface area (Å²) in [6, 6.07) is 9.15. The quantitative estimate of drug-likeness (QED) is 0.366. The molecule has 0 spiro atoms. The monoisotopic (exact) mass is 568 g/mol. The number of esters is 1. The van der Waals surface area contributed by atoms with Crippen LogP contribution in [0.4, 0.5) is 0 Å². The first-order valence-corrected chi connectivity index (χ1v) is 13.0. The van der Waals surface area contributed by atoms with Crippen molar-refractivity contribution in [1.29, 1.82) is 0 Å². The van der Waals surface area contributed by atoms with Crippen molar-refractivity contribution >= 4 is 29.4 Å². The number of carbonyl (C=O) groups excluding carboxylic acids is 1. The molecule has 1 N–H and O–H groups in total. The van der Waals surface area contributed by atoms with Crippen molar-refractivity contribution in [2.45, 2.75) is 19.9 Å². The lowest BCUT2D eigenvalue weighted by atomic mass is 9.94. The van der Waals surface area contributed by atoms with E-state index >= 15 is 0 Å². The predicted molar refractivity (Wildman–Crippen MR) is 146 cm³/mol. The molecule has 1 atom stereocenters. The minimum absolute atomic E-state index is 0.149. The van der Waals surface area contributed by atoms with Gasteiger partial charge in [-0.15, -0.1) is 0 Å². The molecule has 2 heterocycles. The first kappa shape index (κ1) is 28.4. The van der Waals surface area contributed by atoms with Crippen LogP contribution in [0.1, 0.15) is 31.0 Å². The van der Waals surface area contributed by atoms with E-state index in [0.29, 0.717) is 43.4 Å². The average Bonchev–Trinajstić information content (AvgIpc) is 3.24. The Hall–Kier alpha value is -4.58. The molecule has 0 saturated heterocycles. The van der Waals surface area contributed by atoms with Crippen LogP contribution in [0.3, 0.4) is 0 Å². The number of hydrogen-bond acceptors (Lipinski definition) is 10. The van der Waals surface area contributed by atoms with Gasteiger partial charge in [0.2, 0.25) is 0 Å². The molecule has 1 aromatic heterocycles. The second-order valence-corrected chi connectivity index (χ2v) is 9.51. The minimum atomic E-state index is -1.12. The molecule has 0 aliphatic carbocycles. The molecule has 0 amide bonds. The highest BCUT2D eigenvalue weighted by Gasteiger charge is 2.35. The summed E-state index contributed by atoms with van der Waals surface area (Å²) < 4.78 is 28.8. The topological polar surface area (TPSA) is 135 Å². The molecule has 12 heteroatoms. The van der Waals surface area contributed by atoms with Crippen molar-refractivity contribution in [3.05, 3.63) is 78.5 Å². The number of aromatic nitrogens is 1. The van der Waals surface area contributed by atoms with Crippen LogP contribution in [0, 0.1) is 0 Å². The number of fused-ring (bicyclic) bond motifs is 1. The number of carboxylic acids is 1. The Morgan fingerprint density at radius 1 is 1.05 bits per heavy atom. The van der Waals surface area contributed by atoms with Crippen LogP contribution in [0.2, 0.25) is 0 Å². The van der Waals surface area contributed by atoms with Crippen molar-refractivity contribution in [2.75, 3.05) is 34.5 Å². The number of allylic oxidation sites excluding steroid dienone is 1. The van der Waals surface area contributed by atoms with Crippen molar-refractivity contribution < 1.29 is 38.4 Å². The summed E-state index contributed by atoms with van der Waals surface area (Å²) in [6.07, 6.45) is 1.66. The SMILES string of the molecule is CCOC(=O)C1=C(C)N=c2s/c(=C/c3ccc(OCC(=O)O)c(OC)c3)c(=O)n2[C@H]1c1cc(OC)ccc1OC. The minimum Gasteiger partial charge on any atom is -0.497 e. The Kier molecular flexibility index (Phi) is 8.58. The van der Waals surface area contributed by atoms with Crippen molar-refractivity contribution in [3.8, 4) is 23.0 Å². The average molecular weight is 569 g/mol. The van der Waals surface area contributed by atoms with Crippen molar-refractivity contribution in [2.24, 2.45) is 4.99 Å². The number of methoxy groups -OCH3 is 3. The van der Waals surface area contributed by atoms with Gasteiger partial charge in [0, 0.05) is 5.56 Å². The summed E-state index contributed by atoms with van der Waals surface area (Å²) in [6.45, 7) is 3.03. The van der Waals surface area contributed by atoms with Gasteiger partial charge < -0.3 is 28.8 Å². The summed E-state index contributed by atoms with van der Waals surface area (Å²) in [7, 11) is 4.46. The lowest BCUT2D eigenvalue weighted by Gasteiger charge is -2.26. The Balaban J connectivity index is 1.91. The molecular formula is C28H28N2O9S. The van der Waals surface area contributed by atoms with E-state index in [1.54, 1.807) is 56.3 Å². The van der Waals surface area contributed by atoms with Crippen LogP contribution in [-0.4, -0.2) is 56.2 Å². The highest BCUT2D eigenvalue weighted by molar-refractivity contribution is 7.07. The molecule has 1 aliphatic heterocycles. The maximum Gasteiger partial charge on any atom is 0.341 e. The van der Waals surface area contributed by atoms with E-state index in [0.717, 1.165) is 11.3 Å². The molecule has 40 heavy (non-hydrogen) atoms. The van der Waals surface area contributed by atoms with Crippen molar-refractivity contribution in [3.63, 3.8) is 0 Å². The van der Waals surface area contributed by atoms with Crippen LogP contribution in [0.5, 0.6) is 23.0 Å². The number of ether oxygens (including phenoxy) is 5. The molecule has 2 aromatic carbocycles. The third-order valence-electron chi connectivity index (χ3n) is 6.09. The van der Waals surface area contributed by atoms with Gasteiger partial charge in [-0.2, -0.15) is 0 Å². The van der Waals surface area contributed by atoms with Crippen LogP contribution in [-0.2, 0) is 14.3 Å². The highest BCUT2D eigenvalue weighted by atomic mass is 32.1. The molecule has 1 aliphatic rings. The molecule has 0 unspecified atom stereocenters. The van der Waals surface area contributed by atoms with Gasteiger partial charge in [-0.25, -0.2) is 14.6 Å². The fourth-order valence-electron chi connectivity index (χ4n) is 4.32. The van der Waals surface area contributed by atoms with E-state index in [1.807, 2.05) is 0 Å². The normalized spacial score (nSPS) is 14.7. The zero-order valence-electron chi connectivity index (χ0n) is 22.5. The molecule has 3 aromatic rings. The van der Waals surface area contributed by atoms with Gasteiger partial charge in [0.1, 0.15) is 17.5 Å². The molecule has 0 bridgehead atoms. The van der Waals surface area contributed by atoms with Gasteiger partial charge in [0.15, 0.2) is 22.9 Å². The highest BCUT2D eigenvalue weighted by Crippen LogP contribution is 2.38. The zero-order valence-corrected chi connectivity index (χ0v) is 23.4. The van der Waals surface area contributed by atoms with E-state index in [-0.39, 0.29) is 23.5 Å². The largest absolute Gasteiger partial charge is 0.497 e. The summed E-state index contributed by atoms with van der Waals surface area (Å²) >= 11 is 1.16. The lowest BCUT2D eigenvalue weighted by Crippen LogP contribution is -2.40. The second-order valence-electron chi connectivity index (χ2n) is 8.50. The summed E-state index contributed by atoms with van der Waals surface area (Å²) in [5.41, 5.74) is 1.41. The fraction of sp³-hybridized carbons (Fsp3) is 0.286. The van der Waals surface area contributed by atoms with Gasteiger partial charge in [-0.3, -0.25) is 9.36 Å². The summed E-state index contributed by atoms with van der Waals surface area (Å²) in [4.78, 5) is 42.9. The Morgan fingerprint density at radius 2 is 1.77 bits per heavy atom. The number of carboxylic acid groups (broad SMARTS) is 1. The number of carbonyl (C=O) groups is 2. The number of thiazole rings is 1. The zero-order chi connectivity index (χ0) is 29.0. The third kappa shape index (κ3) is 5.57. The maximum atomic E-state index is 13.9. The molecule has 0 fully saturated rings. The van der Waals surface area contributed by atoms with E-state index < -0.39 is 24.6 Å². The van der Waals surface area contributed by atoms with Crippen LogP contribution < -0.4 is 33.8 Å². The van der Waals surface area contributed by atoms with Gasteiger partial charge in [-0.05, 0) is 55.8 Å². The molecule has 210 valence electrons. The number of rotatable bonds is 10. The van der Waals surface area contributed by atoms with E-state index in [2.05, 4.69) is 4.99 Å². The van der Waals surface area contributed by atoms with Crippen LogP contribution >= 0.6 is 11.3 Å². The fourth-order valence-corrected chi connectivity index (χ4v) is 5.37. The van der Waals surface area contributed by atoms with E-state index in [1.165, 1.54) is 25.9 Å². The van der Waals surface area contributed by atoms with Gasteiger partial charge in [-0.1, -0.05) is 17.4 Å². The van der Waals surface area contributed by atoms with Crippen LogP contribution in [0.15, 0.2) is 57.5 Å². The Labute approximate surface area is 233 Å². The summed E-state index contributed by atoms with van der Waals surface area (Å²) in [5, 5.41) is 8.90. The maximum absolute atomic E-state index is 13.9. The van der Waals surface area contributed by atoms with Crippen LogP contribution in [0.25, 0.3) is 6.08 Å². The molecule has 11 nitrogen and oxygen atoms in total. The van der Waals surface area contributed by atoms with E-state index in [4.69, 9.17) is 28.8 Å². The molecular weight excluding hydrogens is 540 g/mol. The first-order chi connectivity index (χ1) is 19.2. The number of hydrogen-bond donors (Lipinski definition) is 1. The Morgan fingerprint density at radius 3 is 2.42 bits per heavy atom. The molecule has 0 saturated carbocycles. The number of benzene rings is 2. The molecule has 0 radical (unpaired) electrons. The second kappa shape index (κ2) is 12.1. The molecule has 4 rings (SSSR count). The van der Waals surface area contributed by atoms with Gasteiger partial charge in [0.05, 0.1) is 43.7 Å². The first-order valence-electron chi connectivity index (χ1n) is 12.2. The van der Waals surface area contributed by atoms with Crippen molar-refractivity contribution in [1.82, 2.24) is 4.57 Å². The standard InChI is InChI=1S/C28H28N2O9S/c1-6-38-27(34)24-15(2)29-28-30(25(24)18-13-17(35-3)8-10-19(18)36-4)26(33)22(40-28)12-16-7-9-20(21(11-16)37-5)39-14-23(31)32/h7-13,25H,6,14H2,1-5H3,(H,31,32)/b22-12+/t25-/m0/s1. The predicted octanol–water partition coefficient (Wildman–Crippen LogP) is 2.29. The summed E-state index contributed by atoms with van der Waals surface area (Å²) in [5.74, 6) is -0.168. The number of aliphatic carboxylic acids is 1.